The van der Waals surface area contributed by atoms with Gasteiger partial charge < -0.3 is 0 Å². The Balaban J connectivity index is 0.000000784. The molecule has 0 fully saturated rings. The van der Waals surface area contributed by atoms with E-state index in [0.717, 1.165) is 24.9 Å². The Labute approximate surface area is 267 Å². The molecule has 0 aromatic heterocycles. The van der Waals surface area contributed by atoms with E-state index in [0.29, 0.717) is 0 Å². The highest BCUT2D eigenvalue weighted by atomic mass is 14.8. The summed E-state index contributed by atoms with van der Waals surface area (Å²) >= 11 is 0. The first-order chi connectivity index (χ1) is 22.2. The largest absolute Gasteiger partial charge is 0.252 e. The van der Waals surface area contributed by atoms with Gasteiger partial charge in [0.1, 0.15) is 0 Å². The molecule has 1 aliphatic carbocycles. The van der Waals surface area contributed by atoms with Crippen molar-refractivity contribution in [2.45, 2.75) is 60.8 Å². The first kappa shape index (κ1) is 29.0. The van der Waals surface area contributed by atoms with Gasteiger partial charge in [-0.1, -0.05) is 125 Å². The summed E-state index contributed by atoms with van der Waals surface area (Å²) in [6, 6.07) is 39.0. The summed E-state index contributed by atoms with van der Waals surface area (Å²) < 4.78 is 0. The van der Waals surface area contributed by atoms with Crippen LogP contribution < -0.4 is 0 Å². The minimum Gasteiger partial charge on any atom is -0.252 e. The summed E-state index contributed by atoms with van der Waals surface area (Å²) in [4.78, 5) is 5.19. The molecule has 0 radical (unpaired) electrons. The Hall–Kier alpha value is -4.75. The molecule has 1 heterocycles. The summed E-state index contributed by atoms with van der Waals surface area (Å²) in [5, 5.41) is 8.20. The molecule has 7 aromatic carbocycles. The van der Waals surface area contributed by atoms with Gasteiger partial charge in [0.05, 0.1) is 11.4 Å². The Morgan fingerprint density at radius 3 is 2.09 bits per heavy atom. The van der Waals surface area contributed by atoms with Crippen LogP contribution in [0.3, 0.4) is 0 Å². The third-order valence-electron chi connectivity index (χ3n) is 9.49. The van der Waals surface area contributed by atoms with Gasteiger partial charge in [-0.2, -0.15) is 0 Å². The highest BCUT2D eigenvalue weighted by Gasteiger charge is 2.27. The summed E-state index contributed by atoms with van der Waals surface area (Å²) in [6.45, 7) is 12.4. The monoisotopic (exact) mass is 583 g/mol. The van der Waals surface area contributed by atoms with Crippen LogP contribution in [-0.4, -0.2) is 5.71 Å². The van der Waals surface area contributed by atoms with Gasteiger partial charge in [-0.15, -0.1) is 0 Å². The maximum absolute atomic E-state index is 5.19. The van der Waals surface area contributed by atoms with Gasteiger partial charge in [0.15, 0.2) is 0 Å². The molecule has 0 atom stereocenters. The summed E-state index contributed by atoms with van der Waals surface area (Å²) in [5.74, 6) is 0. The minimum absolute atomic E-state index is 0.878. The number of fused-ring (bicyclic) bond motifs is 3. The van der Waals surface area contributed by atoms with Gasteiger partial charge in [0.25, 0.3) is 0 Å². The van der Waals surface area contributed by atoms with Gasteiger partial charge in [0.2, 0.25) is 0 Å². The molecule has 45 heavy (non-hydrogen) atoms. The number of hydrogen-bond donors (Lipinski definition) is 0. The Kier molecular flexibility index (Phi) is 7.50. The lowest BCUT2D eigenvalue weighted by Gasteiger charge is -2.26. The molecule has 0 saturated carbocycles. The van der Waals surface area contributed by atoms with Gasteiger partial charge in [-0.3, -0.25) is 4.99 Å². The number of rotatable bonds is 3. The third-order valence-corrected chi connectivity index (χ3v) is 9.49. The molecule has 0 N–H and O–H groups in total. The van der Waals surface area contributed by atoms with Gasteiger partial charge >= 0.3 is 0 Å². The molecular weight excluding hydrogens is 542 g/mol. The lowest BCUT2D eigenvalue weighted by molar-refractivity contribution is 1.11. The fourth-order valence-electron chi connectivity index (χ4n) is 7.44. The number of hydrogen-bond acceptors (Lipinski definition) is 1. The van der Waals surface area contributed by atoms with Crippen LogP contribution in [0.15, 0.2) is 108 Å². The Morgan fingerprint density at radius 1 is 0.556 bits per heavy atom. The molecule has 1 aliphatic heterocycles. The second kappa shape index (κ2) is 11.6. The van der Waals surface area contributed by atoms with Crippen LogP contribution in [0.4, 0.5) is 5.69 Å². The van der Waals surface area contributed by atoms with Crippen molar-refractivity contribution in [3.8, 4) is 22.3 Å². The number of benzene rings is 7. The van der Waals surface area contributed by atoms with Crippen molar-refractivity contribution >= 4 is 43.7 Å². The molecule has 7 aromatic rings. The molecule has 2 aliphatic rings. The number of nitrogens with zero attached hydrogens (tertiary/aromatic N) is 1. The second-order valence-electron chi connectivity index (χ2n) is 11.9. The summed E-state index contributed by atoms with van der Waals surface area (Å²) in [5.41, 5.74) is 15.8. The van der Waals surface area contributed by atoms with Gasteiger partial charge in [0, 0.05) is 12.0 Å². The van der Waals surface area contributed by atoms with E-state index >= 15 is 0 Å². The van der Waals surface area contributed by atoms with E-state index in [1.54, 1.807) is 0 Å². The maximum Gasteiger partial charge on any atom is 0.0669 e. The zero-order valence-corrected chi connectivity index (χ0v) is 27.4. The van der Waals surface area contributed by atoms with Crippen LogP contribution in [0, 0.1) is 6.92 Å². The van der Waals surface area contributed by atoms with Crippen LogP contribution in [0.2, 0.25) is 0 Å². The first-order valence-corrected chi connectivity index (χ1v) is 16.8. The number of aryl methyl sites for hydroxylation is 2. The predicted octanol–water partition coefficient (Wildman–Crippen LogP) is 12.4. The summed E-state index contributed by atoms with van der Waals surface area (Å²) in [7, 11) is 0. The maximum atomic E-state index is 5.19. The van der Waals surface area contributed by atoms with Crippen molar-refractivity contribution in [2.24, 2.45) is 4.99 Å². The fourth-order valence-corrected chi connectivity index (χ4v) is 7.44. The fraction of sp³-hybridized carbons (Fsp3) is 0.205. The van der Waals surface area contributed by atoms with E-state index in [2.05, 4.69) is 117 Å². The van der Waals surface area contributed by atoms with Gasteiger partial charge in [-0.25, -0.2) is 0 Å². The molecule has 0 bridgehead atoms. The Bertz CT molecular complexity index is 2230. The first-order valence-electron chi connectivity index (χ1n) is 16.8. The van der Waals surface area contributed by atoms with Crippen molar-refractivity contribution in [1.82, 2.24) is 0 Å². The molecule has 0 amide bonds. The van der Waals surface area contributed by atoms with Crippen molar-refractivity contribution in [2.75, 3.05) is 0 Å². The lowest BCUT2D eigenvalue weighted by Crippen LogP contribution is -2.08. The standard InChI is InChI=1S/C40H29N.2C2H6/c1-3-24-10-15-31-28(18-24)19-29-20-34-30(25-11-8-23(2)9-12-25)16-13-26-14-17-32-33(22-35(31)39(29)40(32)38(26)34)37-21-27-6-4-5-7-36(27)41-37;2*1-2/h4-18,20,22H,3,19,21H2,1-2H3;2*1-2H3. The van der Waals surface area contributed by atoms with E-state index in [4.69, 9.17) is 4.99 Å². The van der Waals surface area contributed by atoms with Crippen LogP contribution in [0.25, 0.3) is 54.6 Å². The molecule has 1 nitrogen and oxygen atoms in total. The molecule has 222 valence electrons. The normalized spacial score (nSPS) is 12.7. The predicted molar refractivity (Wildman–Crippen MR) is 197 cm³/mol. The zero-order chi connectivity index (χ0) is 31.2. The summed E-state index contributed by atoms with van der Waals surface area (Å²) in [6.07, 6.45) is 2.90. The Morgan fingerprint density at radius 2 is 1.31 bits per heavy atom. The second-order valence-corrected chi connectivity index (χ2v) is 11.9. The van der Waals surface area contributed by atoms with Crippen molar-refractivity contribution in [3.05, 3.63) is 137 Å². The molecule has 1 heteroatoms. The van der Waals surface area contributed by atoms with E-state index in [-0.39, 0.29) is 0 Å². The van der Waals surface area contributed by atoms with Crippen LogP contribution in [0.5, 0.6) is 0 Å². The van der Waals surface area contributed by atoms with E-state index in [1.807, 2.05) is 27.7 Å². The quantitative estimate of drug-likeness (QED) is 0.183. The van der Waals surface area contributed by atoms with Gasteiger partial charge in [-0.05, 0) is 115 Å². The van der Waals surface area contributed by atoms with Crippen LogP contribution in [-0.2, 0) is 19.3 Å². The lowest BCUT2D eigenvalue weighted by atomic mass is 9.77. The number of aliphatic imine (C=N–C) groups is 1. The van der Waals surface area contributed by atoms with Crippen molar-refractivity contribution in [1.29, 1.82) is 0 Å². The SMILES string of the molecule is CC.CC.CCc1ccc2c(c1)Cc1cc3c(-c4ccc(C)cc4)ccc4ccc5c(C6=Nc7ccccc7C6)cc-2c1c5c43. The van der Waals surface area contributed by atoms with Crippen molar-refractivity contribution in [3.63, 3.8) is 0 Å². The van der Waals surface area contributed by atoms with E-state index < -0.39 is 0 Å². The van der Waals surface area contributed by atoms with E-state index in [9.17, 15) is 0 Å². The minimum atomic E-state index is 0.878. The molecular formula is C44H41N. The highest BCUT2D eigenvalue weighted by Crippen LogP contribution is 2.49. The molecule has 0 unspecified atom stereocenters. The average molecular weight is 584 g/mol. The van der Waals surface area contributed by atoms with E-state index in [1.165, 1.54) is 93.7 Å². The molecule has 9 rings (SSSR count). The van der Waals surface area contributed by atoms with Crippen LogP contribution in [0.1, 0.15) is 68.0 Å². The molecule has 0 spiro atoms. The smallest absolute Gasteiger partial charge is 0.0669 e. The third kappa shape index (κ3) is 4.56. The number of para-hydroxylation sites is 1. The van der Waals surface area contributed by atoms with Crippen molar-refractivity contribution < 1.29 is 0 Å². The average Bonchev–Trinajstić information content (AvgIpc) is 3.54. The highest BCUT2D eigenvalue weighted by molar-refractivity contribution is 6.32. The zero-order valence-electron chi connectivity index (χ0n) is 27.4. The molecule has 0 saturated heterocycles. The topological polar surface area (TPSA) is 12.4 Å². The van der Waals surface area contributed by atoms with Crippen LogP contribution >= 0.6 is 0 Å².